The van der Waals surface area contributed by atoms with Crippen LogP contribution in [0.2, 0.25) is 0 Å². The van der Waals surface area contributed by atoms with E-state index in [4.69, 9.17) is 5.73 Å². The fourth-order valence-corrected chi connectivity index (χ4v) is 2.27. The lowest BCUT2D eigenvalue weighted by molar-refractivity contribution is -0.144. The Morgan fingerprint density at radius 1 is 1.60 bits per heavy atom. The van der Waals surface area contributed by atoms with E-state index in [0.717, 1.165) is 18.2 Å². The fourth-order valence-electron chi connectivity index (χ4n) is 1.60. The summed E-state index contributed by atoms with van der Waals surface area (Å²) in [5.74, 6) is 0.262. The van der Waals surface area contributed by atoms with Gasteiger partial charge in [-0.25, -0.2) is 4.79 Å². The number of nitrogens with zero attached hydrogens (tertiary/aromatic N) is 1. The van der Waals surface area contributed by atoms with Crippen molar-refractivity contribution in [2.24, 2.45) is 5.73 Å². The maximum atomic E-state index is 11.7. The van der Waals surface area contributed by atoms with Crippen LogP contribution in [-0.2, 0) is 9.53 Å². The summed E-state index contributed by atoms with van der Waals surface area (Å²) in [6, 6.07) is -0.396. The van der Waals surface area contributed by atoms with Gasteiger partial charge in [0.1, 0.15) is 6.04 Å². The Morgan fingerprint density at radius 3 is 2.93 bits per heavy atom. The molecule has 0 unspecified atom stereocenters. The number of likely N-dealkylation sites (tertiary alicyclic amines) is 1. The molecule has 1 fully saturated rings. The van der Waals surface area contributed by atoms with Gasteiger partial charge >= 0.3 is 5.97 Å². The van der Waals surface area contributed by atoms with E-state index in [-0.39, 0.29) is 11.2 Å². The van der Waals surface area contributed by atoms with Crippen molar-refractivity contribution >= 4 is 23.0 Å². The molecule has 1 amide bonds. The summed E-state index contributed by atoms with van der Waals surface area (Å²) in [5, 5.41) is -0.0756. The van der Waals surface area contributed by atoms with Crippen molar-refractivity contribution in [3.05, 3.63) is 0 Å². The van der Waals surface area contributed by atoms with Gasteiger partial charge in [-0.05, 0) is 12.8 Å². The van der Waals surface area contributed by atoms with Gasteiger partial charge in [0.2, 0.25) is 0 Å². The van der Waals surface area contributed by atoms with E-state index < -0.39 is 6.04 Å². The van der Waals surface area contributed by atoms with E-state index in [1.807, 2.05) is 0 Å². The molecule has 0 aromatic carbocycles. The van der Waals surface area contributed by atoms with E-state index in [2.05, 4.69) is 4.74 Å². The second-order valence-electron chi connectivity index (χ2n) is 3.28. The summed E-state index contributed by atoms with van der Waals surface area (Å²) in [6.45, 7) is 1.10. The van der Waals surface area contributed by atoms with E-state index >= 15 is 0 Å². The molecular formula is C9H16N2O3S. The number of hydrogen-bond acceptors (Lipinski definition) is 5. The van der Waals surface area contributed by atoms with Crippen molar-refractivity contribution in [3.63, 3.8) is 0 Å². The van der Waals surface area contributed by atoms with Crippen molar-refractivity contribution in [1.29, 1.82) is 0 Å². The van der Waals surface area contributed by atoms with Crippen LogP contribution < -0.4 is 5.73 Å². The van der Waals surface area contributed by atoms with Crippen LogP contribution in [-0.4, -0.2) is 48.1 Å². The molecule has 1 aliphatic heterocycles. The molecule has 15 heavy (non-hydrogen) atoms. The number of carbonyl (C=O) groups excluding carboxylic acids is 2. The van der Waals surface area contributed by atoms with Gasteiger partial charge in [-0.15, -0.1) is 0 Å². The summed E-state index contributed by atoms with van der Waals surface area (Å²) in [7, 11) is 1.34. The minimum absolute atomic E-state index is 0.0756. The number of ether oxygens (including phenoxy) is 1. The SMILES string of the molecule is COC(=O)[C@@H]1CCCN1C(=O)SCCN. The first-order chi connectivity index (χ1) is 7.20. The van der Waals surface area contributed by atoms with Crippen molar-refractivity contribution in [3.8, 4) is 0 Å². The highest BCUT2D eigenvalue weighted by molar-refractivity contribution is 8.13. The summed E-state index contributed by atoms with van der Waals surface area (Å²) < 4.78 is 4.65. The largest absolute Gasteiger partial charge is 0.467 e. The lowest BCUT2D eigenvalue weighted by atomic mass is 10.2. The Balaban J connectivity index is 2.52. The van der Waals surface area contributed by atoms with Gasteiger partial charge in [-0.3, -0.25) is 4.79 Å². The van der Waals surface area contributed by atoms with Gasteiger partial charge in [0.15, 0.2) is 0 Å². The van der Waals surface area contributed by atoms with E-state index in [1.165, 1.54) is 7.11 Å². The van der Waals surface area contributed by atoms with E-state index in [9.17, 15) is 9.59 Å². The highest BCUT2D eigenvalue weighted by Crippen LogP contribution is 2.22. The van der Waals surface area contributed by atoms with Crippen molar-refractivity contribution < 1.29 is 14.3 Å². The highest BCUT2D eigenvalue weighted by atomic mass is 32.2. The van der Waals surface area contributed by atoms with E-state index in [0.29, 0.717) is 25.3 Å². The van der Waals surface area contributed by atoms with Gasteiger partial charge in [0.25, 0.3) is 5.24 Å². The number of hydrogen-bond donors (Lipinski definition) is 1. The van der Waals surface area contributed by atoms with Crippen LogP contribution in [0, 0.1) is 0 Å². The first kappa shape index (κ1) is 12.3. The summed E-state index contributed by atoms with van der Waals surface area (Å²) in [4.78, 5) is 24.6. The smallest absolute Gasteiger partial charge is 0.328 e. The molecule has 1 heterocycles. The third kappa shape index (κ3) is 3.10. The highest BCUT2D eigenvalue weighted by Gasteiger charge is 2.34. The number of nitrogens with two attached hydrogens (primary N) is 1. The topological polar surface area (TPSA) is 72.6 Å². The zero-order valence-corrected chi connectivity index (χ0v) is 9.59. The van der Waals surface area contributed by atoms with Crippen LogP contribution >= 0.6 is 11.8 Å². The van der Waals surface area contributed by atoms with Gasteiger partial charge in [-0.2, -0.15) is 0 Å². The molecule has 5 nitrogen and oxygen atoms in total. The Morgan fingerprint density at radius 2 is 2.33 bits per heavy atom. The zero-order valence-electron chi connectivity index (χ0n) is 8.77. The molecule has 0 aliphatic carbocycles. The van der Waals surface area contributed by atoms with Crippen LogP contribution in [0.25, 0.3) is 0 Å². The molecule has 2 N–H and O–H groups in total. The van der Waals surface area contributed by atoms with Crippen molar-refractivity contribution in [2.45, 2.75) is 18.9 Å². The van der Waals surface area contributed by atoms with Crippen molar-refractivity contribution in [2.75, 3.05) is 26.0 Å². The predicted molar refractivity (Wildman–Crippen MR) is 58.7 cm³/mol. The average Bonchev–Trinajstić information content (AvgIpc) is 2.73. The minimum Gasteiger partial charge on any atom is -0.467 e. The van der Waals surface area contributed by atoms with Crippen LogP contribution in [0.5, 0.6) is 0 Å². The van der Waals surface area contributed by atoms with E-state index in [1.54, 1.807) is 4.90 Å². The summed E-state index contributed by atoms with van der Waals surface area (Å²) in [5.41, 5.74) is 5.31. The van der Waals surface area contributed by atoms with Gasteiger partial charge in [-0.1, -0.05) is 11.8 Å². The molecule has 1 saturated heterocycles. The molecule has 0 bridgehead atoms. The lowest BCUT2D eigenvalue weighted by Gasteiger charge is -2.21. The monoisotopic (exact) mass is 232 g/mol. The maximum absolute atomic E-state index is 11.7. The van der Waals surface area contributed by atoms with Gasteiger partial charge < -0.3 is 15.4 Å². The minimum atomic E-state index is -0.396. The molecule has 86 valence electrons. The zero-order chi connectivity index (χ0) is 11.3. The molecule has 1 rings (SSSR count). The summed E-state index contributed by atoms with van der Waals surface area (Å²) in [6.07, 6.45) is 1.55. The Bertz CT molecular complexity index is 248. The van der Waals surface area contributed by atoms with Crippen LogP contribution in [0.4, 0.5) is 4.79 Å². The molecule has 0 aromatic rings. The molecule has 1 atom stereocenters. The molecule has 1 aliphatic rings. The average molecular weight is 232 g/mol. The number of esters is 1. The number of thioether (sulfide) groups is 1. The molecule has 6 heteroatoms. The summed E-state index contributed by atoms with van der Waals surface area (Å²) >= 11 is 1.16. The molecular weight excluding hydrogens is 216 g/mol. The van der Waals surface area contributed by atoms with Gasteiger partial charge in [0, 0.05) is 18.8 Å². The third-order valence-corrected chi connectivity index (χ3v) is 3.23. The van der Waals surface area contributed by atoms with Gasteiger partial charge in [0.05, 0.1) is 7.11 Å². The first-order valence-corrected chi connectivity index (χ1v) is 5.90. The maximum Gasteiger partial charge on any atom is 0.328 e. The second-order valence-corrected chi connectivity index (χ2v) is 4.32. The molecule has 0 spiro atoms. The number of carbonyl (C=O) groups is 2. The molecule has 0 aromatic heterocycles. The third-order valence-electron chi connectivity index (χ3n) is 2.30. The quantitative estimate of drug-likeness (QED) is 0.715. The lowest BCUT2D eigenvalue weighted by Crippen LogP contribution is -2.39. The molecule has 0 saturated carbocycles. The van der Waals surface area contributed by atoms with Crippen LogP contribution in [0.1, 0.15) is 12.8 Å². The number of methoxy groups -OCH3 is 1. The Kier molecular flexibility index (Phi) is 4.90. The predicted octanol–water partition coefficient (Wildman–Crippen LogP) is 0.436. The first-order valence-electron chi connectivity index (χ1n) is 4.92. The normalized spacial score (nSPS) is 20.4. The Hall–Kier alpha value is -0.750. The Labute approximate surface area is 93.3 Å². The van der Waals surface area contributed by atoms with Crippen LogP contribution in [0.15, 0.2) is 0 Å². The number of rotatable bonds is 3. The van der Waals surface area contributed by atoms with Crippen molar-refractivity contribution in [1.82, 2.24) is 4.90 Å². The second kappa shape index (κ2) is 5.97. The fraction of sp³-hybridized carbons (Fsp3) is 0.778. The molecule has 0 radical (unpaired) electrons. The van der Waals surface area contributed by atoms with Crippen LogP contribution in [0.3, 0.4) is 0 Å². The standard InChI is InChI=1S/C9H16N2O3S/c1-14-8(12)7-3-2-5-11(7)9(13)15-6-4-10/h7H,2-6,10H2,1H3/t7-/m0/s1. The number of amides is 1.